The van der Waals surface area contributed by atoms with Gasteiger partial charge in [-0.05, 0) is 17.7 Å². The third-order valence-electron chi connectivity index (χ3n) is 5.10. The van der Waals surface area contributed by atoms with E-state index in [9.17, 15) is 4.79 Å². The first-order chi connectivity index (χ1) is 14.3. The predicted octanol–water partition coefficient (Wildman–Crippen LogP) is 3.78. The van der Waals surface area contributed by atoms with Crippen LogP contribution in [-0.4, -0.2) is 21.9 Å². The van der Waals surface area contributed by atoms with E-state index in [4.69, 9.17) is 4.98 Å². The molecule has 140 valence electrons. The number of anilines is 1. The Labute approximate surface area is 168 Å². The lowest BCUT2D eigenvalue weighted by molar-refractivity contribution is -0.551. The molecule has 29 heavy (non-hydrogen) atoms. The van der Waals surface area contributed by atoms with E-state index < -0.39 is 0 Å². The summed E-state index contributed by atoms with van der Waals surface area (Å²) in [6.45, 7) is 0. The fourth-order valence-corrected chi connectivity index (χ4v) is 3.66. The van der Waals surface area contributed by atoms with E-state index in [1.54, 1.807) is 17.0 Å². The molecule has 1 aliphatic rings. The number of carbonyl (C=O) groups excluding carboxylic acids is 1. The van der Waals surface area contributed by atoms with Crippen molar-refractivity contribution in [1.82, 2.24) is 9.97 Å². The maximum absolute atomic E-state index is 13.2. The van der Waals surface area contributed by atoms with Crippen LogP contribution < -0.4 is 9.88 Å². The summed E-state index contributed by atoms with van der Waals surface area (Å²) in [5, 5.41) is 3.41. The van der Waals surface area contributed by atoms with Gasteiger partial charge < -0.3 is 0 Å². The van der Waals surface area contributed by atoms with Gasteiger partial charge in [0, 0.05) is 29.9 Å². The van der Waals surface area contributed by atoms with E-state index >= 15 is 0 Å². The molecule has 0 saturated carbocycles. The number of carbonyl (C=O) groups is 1. The van der Waals surface area contributed by atoms with E-state index in [1.165, 1.54) is 0 Å². The molecule has 0 spiro atoms. The molecule has 5 heteroatoms. The van der Waals surface area contributed by atoms with Gasteiger partial charge in [-0.2, -0.15) is 4.57 Å². The molecule has 0 fully saturated rings. The van der Waals surface area contributed by atoms with Crippen molar-refractivity contribution in [3.8, 4) is 22.5 Å². The second-order valence-electron chi connectivity index (χ2n) is 7.02. The van der Waals surface area contributed by atoms with Gasteiger partial charge in [-0.3, -0.25) is 10.3 Å². The summed E-state index contributed by atoms with van der Waals surface area (Å²) in [6.07, 6.45) is 5.93. The zero-order chi connectivity index (χ0) is 19.6. The Morgan fingerprint density at radius 3 is 2.28 bits per heavy atom. The van der Waals surface area contributed by atoms with Crippen molar-refractivity contribution in [1.29, 1.82) is 0 Å². The van der Waals surface area contributed by atoms with Crippen LogP contribution >= 0.6 is 0 Å². The topological polar surface area (TPSA) is 58.8 Å². The van der Waals surface area contributed by atoms with Crippen LogP contribution in [0.3, 0.4) is 0 Å². The van der Waals surface area contributed by atoms with Gasteiger partial charge in [-0.1, -0.05) is 60.7 Å². The normalized spacial score (nSPS) is 15.0. The quantitative estimate of drug-likeness (QED) is 0.548. The number of benzene rings is 2. The molecule has 0 bridgehead atoms. The van der Waals surface area contributed by atoms with Crippen LogP contribution in [0.25, 0.3) is 22.5 Å². The van der Waals surface area contributed by atoms with E-state index in [0.717, 1.165) is 33.9 Å². The van der Waals surface area contributed by atoms with Crippen molar-refractivity contribution in [3.05, 3.63) is 97.0 Å². The molecule has 1 unspecified atom stereocenters. The minimum atomic E-state index is -0.328. The van der Waals surface area contributed by atoms with E-state index in [-0.39, 0.29) is 11.9 Å². The third-order valence-corrected chi connectivity index (χ3v) is 5.10. The molecule has 5 nitrogen and oxygen atoms in total. The van der Waals surface area contributed by atoms with Gasteiger partial charge in [0.05, 0.1) is 0 Å². The molecule has 0 amide bonds. The van der Waals surface area contributed by atoms with Crippen LogP contribution in [0.1, 0.15) is 10.4 Å². The Kier molecular flexibility index (Phi) is 4.33. The Hall–Kier alpha value is -3.86. The second-order valence-corrected chi connectivity index (χ2v) is 7.02. The van der Waals surface area contributed by atoms with Crippen LogP contribution in [0.15, 0.2) is 91.4 Å². The molecule has 1 N–H and O–H groups in total. The van der Waals surface area contributed by atoms with Crippen LogP contribution in [0.4, 0.5) is 5.82 Å². The molecule has 3 heterocycles. The molecular weight excluding hydrogens is 360 g/mol. The number of hydrogen-bond acceptors (Lipinski definition) is 4. The summed E-state index contributed by atoms with van der Waals surface area (Å²) in [5.74, 6) is 0.751. The van der Waals surface area contributed by atoms with Gasteiger partial charge in [0.25, 0.3) is 0 Å². The standard InChI is InChI=1S/C24H18N4O/c29-24-20(15-17-7-3-1-4-8-17)27-23-22(19-11-13-25-14-12-19)26-21(16-28(23)24)18-9-5-2-6-10-18/h1-14,16,20H,15H2/p+1. The highest BCUT2D eigenvalue weighted by Gasteiger charge is 2.41. The van der Waals surface area contributed by atoms with Crippen LogP contribution in [0.5, 0.6) is 0 Å². The first-order valence-electron chi connectivity index (χ1n) is 9.57. The molecule has 2 aromatic heterocycles. The van der Waals surface area contributed by atoms with Gasteiger partial charge in [-0.15, -0.1) is 0 Å². The average molecular weight is 379 g/mol. The average Bonchev–Trinajstić information content (AvgIpc) is 3.10. The first-order valence-corrected chi connectivity index (χ1v) is 9.57. The van der Waals surface area contributed by atoms with Gasteiger partial charge in [0.15, 0.2) is 11.7 Å². The summed E-state index contributed by atoms with van der Waals surface area (Å²) in [4.78, 5) is 22.2. The van der Waals surface area contributed by atoms with Crippen molar-refractivity contribution in [3.63, 3.8) is 0 Å². The van der Waals surface area contributed by atoms with Crippen molar-refractivity contribution >= 4 is 11.7 Å². The van der Waals surface area contributed by atoms with Crippen LogP contribution in [0, 0.1) is 0 Å². The maximum atomic E-state index is 13.2. The Balaban J connectivity index is 1.61. The summed E-state index contributed by atoms with van der Waals surface area (Å²) >= 11 is 0. The van der Waals surface area contributed by atoms with Gasteiger partial charge >= 0.3 is 11.7 Å². The van der Waals surface area contributed by atoms with Crippen molar-refractivity contribution in [2.24, 2.45) is 0 Å². The Morgan fingerprint density at radius 1 is 0.862 bits per heavy atom. The number of aromatic nitrogens is 3. The lowest BCUT2D eigenvalue weighted by Crippen LogP contribution is -2.43. The van der Waals surface area contributed by atoms with Crippen LogP contribution in [0.2, 0.25) is 0 Å². The molecule has 4 aromatic rings. The Bertz CT molecular complexity index is 1160. The highest BCUT2D eigenvalue weighted by atomic mass is 16.2. The number of nitrogens with zero attached hydrogens (tertiary/aromatic N) is 3. The van der Waals surface area contributed by atoms with Crippen molar-refractivity contribution < 1.29 is 9.36 Å². The Morgan fingerprint density at radius 2 is 1.55 bits per heavy atom. The summed E-state index contributed by atoms with van der Waals surface area (Å²) in [6, 6.07) is 23.5. The zero-order valence-corrected chi connectivity index (χ0v) is 15.7. The third kappa shape index (κ3) is 3.27. The number of pyridine rings is 1. The SMILES string of the molecule is O=C1C(Cc2ccccc2)Nc2c(-c3ccncc3)nc(-c3ccccc3)c[n+]21. The van der Waals surface area contributed by atoms with Crippen molar-refractivity contribution in [2.75, 3.05) is 5.32 Å². The summed E-state index contributed by atoms with van der Waals surface area (Å²) < 4.78 is 1.71. The molecular formula is C24H19N4O+. The fourth-order valence-electron chi connectivity index (χ4n) is 3.66. The molecule has 0 saturated heterocycles. The number of hydrogen-bond donors (Lipinski definition) is 1. The fraction of sp³-hybridized carbons (Fsp3) is 0.0833. The minimum absolute atomic E-state index is 0.0266. The van der Waals surface area contributed by atoms with E-state index in [0.29, 0.717) is 6.42 Å². The lowest BCUT2D eigenvalue weighted by Gasteiger charge is -2.06. The number of rotatable bonds is 4. The maximum Gasteiger partial charge on any atom is 0.359 e. The van der Waals surface area contributed by atoms with E-state index in [2.05, 4.69) is 10.3 Å². The number of fused-ring (bicyclic) bond motifs is 1. The lowest BCUT2D eigenvalue weighted by atomic mass is 10.1. The second kappa shape index (κ2) is 7.28. The van der Waals surface area contributed by atoms with Gasteiger partial charge in [-0.25, -0.2) is 9.78 Å². The predicted molar refractivity (Wildman–Crippen MR) is 111 cm³/mol. The number of nitrogens with one attached hydrogen (secondary N) is 1. The zero-order valence-electron chi connectivity index (χ0n) is 15.7. The largest absolute Gasteiger partial charge is 0.359 e. The highest BCUT2D eigenvalue weighted by molar-refractivity contribution is 5.86. The monoisotopic (exact) mass is 379 g/mol. The molecule has 0 radical (unpaired) electrons. The van der Waals surface area contributed by atoms with Gasteiger partial charge in [0.1, 0.15) is 11.9 Å². The molecule has 5 rings (SSSR count). The molecule has 1 aliphatic heterocycles. The van der Waals surface area contributed by atoms with Crippen molar-refractivity contribution in [2.45, 2.75) is 12.5 Å². The molecule has 1 atom stereocenters. The minimum Gasteiger partial charge on any atom is -0.265 e. The van der Waals surface area contributed by atoms with Gasteiger partial charge in [0.2, 0.25) is 0 Å². The first kappa shape index (κ1) is 17.3. The van der Waals surface area contributed by atoms with E-state index in [1.807, 2.05) is 79.0 Å². The molecule has 0 aliphatic carbocycles. The summed E-state index contributed by atoms with van der Waals surface area (Å²) in [5.41, 5.74) is 4.52. The van der Waals surface area contributed by atoms with Crippen LogP contribution in [-0.2, 0) is 6.42 Å². The highest BCUT2D eigenvalue weighted by Crippen LogP contribution is 2.29. The summed E-state index contributed by atoms with van der Waals surface area (Å²) in [7, 11) is 0. The molecule has 2 aromatic carbocycles. The smallest absolute Gasteiger partial charge is 0.265 e.